The molecule has 2 unspecified atom stereocenters. The molecule has 2 aliphatic rings. The highest BCUT2D eigenvalue weighted by atomic mass is 32.2. The number of nitrogens with one attached hydrogen (secondary N) is 1. The van der Waals surface area contributed by atoms with Crippen molar-refractivity contribution in [3.05, 3.63) is 28.8 Å². The van der Waals surface area contributed by atoms with E-state index >= 15 is 0 Å². The van der Waals surface area contributed by atoms with E-state index in [1.54, 1.807) is 0 Å². The molecule has 1 aromatic rings. The van der Waals surface area contributed by atoms with Crippen LogP contribution in [0.4, 0.5) is 0 Å². The number of benzene rings is 1. The van der Waals surface area contributed by atoms with Gasteiger partial charge in [-0.2, -0.15) is 0 Å². The minimum Gasteiger partial charge on any atom is -0.313 e. The van der Waals surface area contributed by atoms with Crippen molar-refractivity contribution in [2.24, 2.45) is 0 Å². The van der Waals surface area contributed by atoms with Crippen LogP contribution in [0.15, 0.2) is 17.0 Å². The Hall–Kier alpha value is -0.670. The number of hydrogen-bond donors (Lipinski definition) is 1. The van der Waals surface area contributed by atoms with Gasteiger partial charge in [-0.1, -0.05) is 6.07 Å². The molecule has 0 aromatic heterocycles. The molecule has 86 valence electrons. The molecule has 0 bridgehead atoms. The lowest BCUT2D eigenvalue weighted by atomic mass is 9.99. The summed E-state index contributed by atoms with van der Waals surface area (Å²) in [7, 11) is 1.23. The van der Waals surface area contributed by atoms with Crippen LogP contribution < -0.4 is 5.32 Å². The molecule has 16 heavy (non-hydrogen) atoms. The third kappa shape index (κ3) is 1.54. The Balaban J connectivity index is 2.15. The van der Waals surface area contributed by atoms with Crippen molar-refractivity contribution in [1.82, 2.24) is 5.32 Å². The molecule has 0 radical (unpaired) electrons. The van der Waals surface area contributed by atoms with Crippen LogP contribution in [0.1, 0.15) is 35.6 Å². The van der Waals surface area contributed by atoms with E-state index in [0.717, 1.165) is 17.1 Å². The number of hydrogen-bond acceptors (Lipinski definition) is 2. The zero-order valence-electron chi connectivity index (χ0n) is 9.58. The van der Waals surface area contributed by atoms with E-state index < -0.39 is 10.8 Å². The maximum atomic E-state index is 12.0. The third-order valence-corrected chi connectivity index (χ3v) is 5.24. The lowest BCUT2D eigenvalue weighted by molar-refractivity contribution is 0.553. The Morgan fingerprint density at radius 1 is 1.31 bits per heavy atom. The van der Waals surface area contributed by atoms with E-state index in [0.29, 0.717) is 6.04 Å². The van der Waals surface area contributed by atoms with Gasteiger partial charge in [-0.05, 0) is 55.5 Å². The summed E-state index contributed by atoms with van der Waals surface area (Å²) in [6.45, 7) is 0. The normalized spacial score (nSPS) is 27.6. The first kappa shape index (κ1) is 10.5. The van der Waals surface area contributed by atoms with Crippen LogP contribution in [0.2, 0.25) is 0 Å². The average molecular weight is 235 g/mol. The molecule has 2 atom stereocenters. The molecule has 1 aliphatic carbocycles. The van der Waals surface area contributed by atoms with E-state index in [2.05, 4.69) is 17.4 Å². The minimum absolute atomic E-state index is 0.401. The second kappa shape index (κ2) is 3.97. The van der Waals surface area contributed by atoms with Gasteiger partial charge in [0, 0.05) is 16.7 Å². The van der Waals surface area contributed by atoms with E-state index in [9.17, 15) is 4.21 Å². The van der Waals surface area contributed by atoms with Crippen LogP contribution in [0.25, 0.3) is 0 Å². The second-order valence-electron chi connectivity index (χ2n) is 4.69. The Kier molecular flexibility index (Phi) is 2.60. The van der Waals surface area contributed by atoms with Gasteiger partial charge < -0.3 is 5.32 Å². The highest BCUT2D eigenvalue weighted by molar-refractivity contribution is 7.85. The Morgan fingerprint density at radius 2 is 2.06 bits per heavy atom. The second-order valence-corrected chi connectivity index (χ2v) is 6.23. The molecular formula is C13H17NOS. The number of fused-ring (bicyclic) bond motifs is 2. The standard InChI is InChI=1S/C13H17NOS/c1-14-12-5-6-16(15)13-8-10-4-2-3-9(10)7-11(12)13/h7-8,12,14H,2-6H2,1H3. The first-order valence-corrected chi connectivity index (χ1v) is 7.33. The molecule has 1 aliphatic heterocycles. The van der Waals surface area contributed by atoms with Crippen LogP contribution >= 0.6 is 0 Å². The molecule has 0 saturated heterocycles. The molecule has 3 heteroatoms. The molecule has 0 spiro atoms. The van der Waals surface area contributed by atoms with E-state index in [-0.39, 0.29) is 0 Å². The van der Waals surface area contributed by atoms with Crippen LogP contribution in [0.3, 0.4) is 0 Å². The summed E-state index contributed by atoms with van der Waals surface area (Å²) in [6, 6.07) is 4.91. The first-order valence-electron chi connectivity index (χ1n) is 6.01. The van der Waals surface area contributed by atoms with Crippen molar-refractivity contribution in [3.8, 4) is 0 Å². The predicted molar refractivity (Wildman–Crippen MR) is 66.2 cm³/mol. The third-order valence-electron chi connectivity index (χ3n) is 3.79. The highest BCUT2D eigenvalue weighted by Crippen LogP contribution is 2.34. The van der Waals surface area contributed by atoms with E-state index in [4.69, 9.17) is 0 Å². The van der Waals surface area contributed by atoms with Crippen LogP contribution in [0, 0.1) is 0 Å². The summed E-state index contributed by atoms with van der Waals surface area (Å²) in [5.41, 5.74) is 4.20. The molecule has 1 heterocycles. The maximum absolute atomic E-state index is 12.0. The van der Waals surface area contributed by atoms with Gasteiger partial charge in [0.25, 0.3) is 0 Å². The van der Waals surface area contributed by atoms with Crippen LogP contribution in [-0.4, -0.2) is 17.0 Å². The molecule has 0 amide bonds. The molecule has 0 saturated carbocycles. The smallest absolute Gasteiger partial charge is 0.0533 e. The summed E-state index contributed by atoms with van der Waals surface area (Å²) in [5.74, 6) is 0.803. The van der Waals surface area contributed by atoms with Gasteiger partial charge in [0.1, 0.15) is 0 Å². The molecule has 1 aromatic carbocycles. The maximum Gasteiger partial charge on any atom is 0.0533 e. The minimum atomic E-state index is -0.770. The van der Waals surface area contributed by atoms with Gasteiger partial charge in [0.05, 0.1) is 10.8 Å². The van der Waals surface area contributed by atoms with Crippen molar-refractivity contribution in [3.63, 3.8) is 0 Å². The van der Waals surface area contributed by atoms with Gasteiger partial charge in [-0.25, -0.2) is 0 Å². The summed E-state index contributed by atoms with van der Waals surface area (Å²) >= 11 is 0. The Labute approximate surface area is 98.9 Å². The number of aryl methyl sites for hydroxylation is 2. The summed E-state index contributed by atoms with van der Waals surface area (Å²) in [6.07, 6.45) is 4.62. The van der Waals surface area contributed by atoms with Crippen molar-refractivity contribution >= 4 is 10.8 Å². The SMILES string of the molecule is CNC1CCS(=O)c2cc3c(cc21)CCC3. The summed E-state index contributed by atoms with van der Waals surface area (Å²) < 4.78 is 12.0. The zero-order valence-corrected chi connectivity index (χ0v) is 10.4. The van der Waals surface area contributed by atoms with Gasteiger partial charge in [-0.3, -0.25) is 4.21 Å². The molecule has 0 fully saturated rings. The fraction of sp³-hybridized carbons (Fsp3) is 0.538. The van der Waals surface area contributed by atoms with Gasteiger partial charge in [0.2, 0.25) is 0 Å². The van der Waals surface area contributed by atoms with Gasteiger partial charge >= 0.3 is 0 Å². The van der Waals surface area contributed by atoms with Gasteiger partial charge in [0.15, 0.2) is 0 Å². The summed E-state index contributed by atoms with van der Waals surface area (Å²) in [5, 5.41) is 3.34. The quantitative estimate of drug-likeness (QED) is 0.806. The van der Waals surface area contributed by atoms with Gasteiger partial charge in [-0.15, -0.1) is 0 Å². The van der Waals surface area contributed by atoms with Crippen molar-refractivity contribution < 1.29 is 4.21 Å². The topological polar surface area (TPSA) is 29.1 Å². The molecular weight excluding hydrogens is 218 g/mol. The van der Waals surface area contributed by atoms with E-state index in [1.807, 2.05) is 7.05 Å². The van der Waals surface area contributed by atoms with Crippen molar-refractivity contribution in [2.75, 3.05) is 12.8 Å². The van der Waals surface area contributed by atoms with Crippen molar-refractivity contribution in [2.45, 2.75) is 36.6 Å². The fourth-order valence-corrected chi connectivity index (χ4v) is 4.29. The largest absolute Gasteiger partial charge is 0.313 e. The predicted octanol–water partition coefficient (Wildman–Crippen LogP) is 1.95. The molecule has 2 nitrogen and oxygen atoms in total. The Morgan fingerprint density at radius 3 is 2.81 bits per heavy atom. The van der Waals surface area contributed by atoms with E-state index in [1.165, 1.54) is 36.0 Å². The monoisotopic (exact) mass is 235 g/mol. The lowest BCUT2D eigenvalue weighted by Gasteiger charge is -2.25. The molecule has 3 rings (SSSR count). The molecule has 1 N–H and O–H groups in total. The van der Waals surface area contributed by atoms with Crippen LogP contribution in [-0.2, 0) is 23.6 Å². The fourth-order valence-electron chi connectivity index (χ4n) is 2.88. The summed E-state index contributed by atoms with van der Waals surface area (Å²) in [4.78, 5) is 1.09. The first-order chi connectivity index (χ1) is 7.79. The highest BCUT2D eigenvalue weighted by Gasteiger charge is 2.26. The number of rotatable bonds is 1. The Bertz CT molecular complexity index is 455. The average Bonchev–Trinajstić information content (AvgIpc) is 2.75. The van der Waals surface area contributed by atoms with Crippen molar-refractivity contribution in [1.29, 1.82) is 0 Å². The lowest BCUT2D eigenvalue weighted by Crippen LogP contribution is -2.25. The van der Waals surface area contributed by atoms with Crippen LogP contribution in [0.5, 0.6) is 0 Å². The zero-order chi connectivity index (χ0) is 11.1.